The molecule has 1 aliphatic heterocycles. The molecule has 0 spiro atoms. The summed E-state index contributed by atoms with van der Waals surface area (Å²) in [4.78, 5) is 38.9. The Morgan fingerprint density at radius 1 is 0.969 bits per heavy atom. The van der Waals surface area contributed by atoms with Crippen LogP contribution < -0.4 is 10.2 Å². The number of nitrogens with zero attached hydrogens (tertiary/aromatic N) is 4. The summed E-state index contributed by atoms with van der Waals surface area (Å²) in [7, 11) is 0. The van der Waals surface area contributed by atoms with Crippen molar-refractivity contribution in [1.29, 1.82) is 0 Å². The Morgan fingerprint density at radius 2 is 1.78 bits per heavy atom. The van der Waals surface area contributed by atoms with Gasteiger partial charge >= 0.3 is 0 Å². The molecule has 2 amide bonds. The molecular weight excluding hydrogens is 422 g/mol. The third-order valence-corrected chi connectivity index (χ3v) is 6.63. The molecular formula is C24H23N5O2S. The van der Waals surface area contributed by atoms with Gasteiger partial charge in [-0.15, -0.1) is 11.3 Å². The van der Waals surface area contributed by atoms with Crippen LogP contribution in [0.5, 0.6) is 0 Å². The molecule has 7 nitrogen and oxygen atoms in total. The molecule has 0 aliphatic carbocycles. The summed E-state index contributed by atoms with van der Waals surface area (Å²) in [6, 6.07) is 15.6. The first-order valence-electron chi connectivity index (χ1n) is 10.7. The second kappa shape index (κ2) is 8.92. The van der Waals surface area contributed by atoms with Crippen molar-refractivity contribution >= 4 is 50.0 Å². The first-order chi connectivity index (χ1) is 15.7. The predicted octanol–water partition coefficient (Wildman–Crippen LogP) is 3.31. The van der Waals surface area contributed by atoms with E-state index in [-0.39, 0.29) is 11.8 Å². The van der Waals surface area contributed by atoms with Crippen LogP contribution in [-0.2, 0) is 4.79 Å². The Balaban J connectivity index is 1.12. The number of rotatable bonds is 5. The van der Waals surface area contributed by atoms with Gasteiger partial charge in [-0.25, -0.2) is 9.97 Å². The van der Waals surface area contributed by atoms with Crippen molar-refractivity contribution in [2.45, 2.75) is 6.42 Å². The van der Waals surface area contributed by atoms with E-state index in [0.29, 0.717) is 31.6 Å². The summed E-state index contributed by atoms with van der Waals surface area (Å²) in [6.07, 6.45) is 1.89. The monoisotopic (exact) mass is 445 g/mol. The van der Waals surface area contributed by atoms with Crippen LogP contribution in [0.1, 0.15) is 16.8 Å². The van der Waals surface area contributed by atoms with Gasteiger partial charge in [-0.2, -0.15) is 0 Å². The van der Waals surface area contributed by atoms with Crippen LogP contribution in [0.4, 0.5) is 5.82 Å². The molecule has 0 unspecified atom stereocenters. The Hall–Kier alpha value is -3.52. The van der Waals surface area contributed by atoms with Crippen molar-refractivity contribution in [2.24, 2.45) is 0 Å². The van der Waals surface area contributed by atoms with Crippen molar-refractivity contribution in [1.82, 2.24) is 20.2 Å². The molecule has 1 saturated heterocycles. The van der Waals surface area contributed by atoms with Crippen molar-refractivity contribution in [3.8, 4) is 0 Å². The lowest BCUT2D eigenvalue weighted by molar-refractivity contribution is -0.131. The first-order valence-corrected chi connectivity index (χ1v) is 11.5. The fraction of sp³-hybridized carbons (Fsp3) is 0.250. The van der Waals surface area contributed by atoms with Gasteiger partial charge in [-0.05, 0) is 34.4 Å². The van der Waals surface area contributed by atoms with Crippen molar-refractivity contribution < 1.29 is 9.59 Å². The van der Waals surface area contributed by atoms with Crippen LogP contribution in [-0.4, -0.2) is 59.4 Å². The number of aromatic nitrogens is 2. The summed E-state index contributed by atoms with van der Waals surface area (Å²) in [5, 5.41) is 8.08. The smallest absolute Gasteiger partial charge is 0.251 e. The molecule has 2 aromatic heterocycles. The maximum Gasteiger partial charge on any atom is 0.251 e. The number of anilines is 1. The molecule has 162 valence electrons. The zero-order chi connectivity index (χ0) is 21.9. The van der Waals surface area contributed by atoms with Crippen LogP contribution in [0, 0.1) is 0 Å². The normalized spacial score (nSPS) is 14.1. The van der Waals surface area contributed by atoms with E-state index in [9.17, 15) is 9.59 Å². The average molecular weight is 446 g/mol. The van der Waals surface area contributed by atoms with Crippen molar-refractivity contribution in [3.63, 3.8) is 0 Å². The minimum atomic E-state index is -0.156. The lowest BCUT2D eigenvalue weighted by Crippen LogP contribution is -2.49. The number of carbonyl (C=O) groups is 2. The highest BCUT2D eigenvalue weighted by molar-refractivity contribution is 7.16. The van der Waals surface area contributed by atoms with Crippen LogP contribution in [0.25, 0.3) is 21.0 Å². The Bertz CT molecular complexity index is 1280. The van der Waals surface area contributed by atoms with E-state index in [0.717, 1.165) is 39.9 Å². The number of benzene rings is 2. The number of piperazine rings is 1. The standard InChI is InChI=1S/C24H23N5O2S/c30-21(7-9-25-23(31)19-6-5-17-3-1-2-4-18(17)15-19)28-10-12-29(13-11-28)22-20-8-14-32-24(20)27-16-26-22/h1-6,8,14-16H,7,9-13H2,(H,25,31). The summed E-state index contributed by atoms with van der Waals surface area (Å²) < 4.78 is 0. The second-order valence-electron chi connectivity index (χ2n) is 7.77. The molecule has 0 bridgehead atoms. The van der Waals surface area contributed by atoms with Gasteiger partial charge in [0.25, 0.3) is 5.91 Å². The summed E-state index contributed by atoms with van der Waals surface area (Å²) in [5.41, 5.74) is 0.606. The lowest BCUT2D eigenvalue weighted by Gasteiger charge is -2.35. The van der Waals surface area contributed by atoms with Gasteiger partial charge in [0.1, 0.15) is 17.0 Å². The maximum absolute atomic E-state index is 12.6. The molecule has 0 radical (unpaired) electrons. The van der Waals surface area contributed by atoms with Gasteiger partial charge in [0.15, 0.2) is 0 Å². The minimum Gasteiger partial charge on any atom is -0.352 e. The molecule has 8 heteroatoms. The number of hydrogen-bond acceptors (Lipinski definition) is 6. The van der Waals surface area contributed by atoms with Crippen LogP contribution in [0.2, 0.25) is 0 Å². The number of nitrogens with one attached hydrogen (secondary N) is 1. The summed E-state index contributed by atoms with van der Waals surface area (Å²) in [6.45, 7) is 3.08. The van der Waals surface area contributed by atoms with Crippen molar-refractivity contribution in [2.75, 3.05) is 37.6 Å². The largest absolute Gasteiger partial charge is 0.352 e. The zero-order valence-corrected chi connectivity index (χ0v) is 18.3. The average Bonchev–Trinajstić information content (AvgIpc) is 3.33. The molecule has 1 aliphatic rings. The Morgan fingerprint density at radius 3 is 2.62 bits per heavy atom. The highest BCUT2D eigenvalue weighted by atomic mass is 32.1. The van der Waals surface area contributed by atoms with E-state index in [1.165, 1.54) is 0 Å². The van der Waals surface area contributed by atoms with Crippen LogP contribution >= 0.6 is 11.3 Å². The molecule has 4 aromatic rings. The number of fused-ring (bicyclic) bond motifs is 2. The van der Waals surface area contributed by atoms with E-state index in [1.807, 2.05) is 58.8 Å². The zero-order valence-electron chi connectivity index (χ0n) is 17.5. The molecule has 2 aromatic carbocycles. The molecule has 3 heterocycles. The molecule has 1 N–H and O–H groups in total. The number of thiophene rings is 1. The van der Waals surface area contributed by atoms with E-state index in [4.69, 9.17) is 0 Å². The number of carbonyl (C=O) groups excluding carboxylic acids is 2. The third-order valence-electron chi connectivity index (χ3n) is 5.81. The summed E-state index contributed by atoms with van der Waals surface area (Å²) >= 11 is 1.60. The van der Waals surface area contributed by atoms with E-state index >= 15 is 0 Å². The molecule has 0 atom stereocenters. The first kappa shape index (κ1) is 20.4. The molecule has 1 fully saturated rings. The highest BCUT2D eigenvalue weighted by Crippen LogP contribution is 2.27. The topological polar surface area (TPSA) is 78.4 Å². The summed E-state index contributed by atoms with van der Waals surface area (Å²) in [5.74, 6) is 0.842. The third kappa shape index (κ3) is 4.13. The van der Waals surface area contributed by atoms with Gasteiger partial charge in [-0.1, -0.05) is 30.3 Å². The van der Waals surface area contributed by atoms with Crippen molar-refractivity contribution in [3.05, 3.63) is 65.8 Å². The fourth-order valence-corrected chi connectivity index (χ4v) is 4.80. The number of amides is 2. The van der Waals surface area contributed by atoms with Crippen LogP contribution in [0.3, 0.4) is 0 Å². The lowest BCUT2D eigenvalue weighted by atomic mass is 10.1. The van der Waals surface area contributed by atoms with Gasteiger partial charge in [0.2, 0.25) is 5.91 Å². The van der Waals surface area contributed by atoms with Crippen LogP contribution in [0.15, 0.2) is 60.2 Å². The maximum atomic E-state index is 12.6. The van der Waals surface area contributed by atoms with E-state index < -0.39 is 0 Å². The molecule has 5 rings (SSSR count). The van der Waals surface area contributed by atoms with Gasteiger partial charge in [-0.3, -0.25) is 9.59 Å². The minimum absolute atomic E-state index is 0.0619. The number of hydrogen-bond donors (Lipinski definition) is 1. The Kier molecular flexibility index (Phi) is 5.68. The van der Waals surface area contributed by atoms with Gasteiger partial charge in [0, 0.05) is 44.7 Å². The highest BCUT2D eigenvalue weighted by Gasteiger charge is 2.23. The SMILES string of the molecule is O=C(NCCC(=O)N1CCN(c2ncnc3sccc23)CC1)c1ccc2ccccc2c1. The second-order valence-corrected chi connectivity index (χ2v) is 8.67. The van der Waals surface area contributed by atoms with Gasteiger partial charge in [0.05, 0.1) is 5.39 Å². The quantitative estimate of drug-likeness (QED) is 0.510. The fourth-order valence-electron chi connectivity index (χ4n) is 4.07. The molecule has 0 saturated carbocycles. The Labute approximate surface area is 189 Å². The van der Waals surface area contributed by atoms with E-state index in [2.05, 4.69) is 20.2 Å². The van der Waals surface area contributed by atoms with E-state index in [1.54, 1.807) is 17.7 Å². The molecule has 32 heavy (non-hydrogen) atoms. The van der Waals surface area contributed by atoms with Gasteiger partial charge < -0.3 is 15.1 Å². The predicted molar refractivity (Wildman–Crippen MR) is 127 cm³/mol.